The predicted octanol–water partition coefficient (Wildman–Crippen LogP) is 2.53. The molecule has 0 aliphatic carbocycles. The predicted molar refractivity (Wildman–Crippen MR) is 102 cm³/mol. The van der Waals surface area contributed by atoms with Gasteiger partial charge in [0.2, 0.25) is 0 Å². The van der Waals surface area contributed by atoms with Crippen molar-refractivity contribution in [1.29, 1.82) is 0 Å². The second kappa shape index (κ2) is 7.15. The second-order valence-electron chi connectivity index (χ2n) is 6.34. The van der Waals surface area contributed by atoms with Crippen LogP contribution in [0.25, 0.3) is 22.0 Å². The smallest absolute Gasteiger partial charge is 0.419 e. The number of rotatable bonds is 5. The molecule has 0 amide bonds. The van der Waals surface area contributed by atoms with Crippen molar-refractivity contribution in [3.63, 3.8) is 0 Å². The maximum absolute atomic E-state index is 12.2. The Kier molecular flexibility index (Phi) is 4.52. The van der Waals surface area contributed by atoms with Gasteiger partial charge in [0.05, 0.1) is 22.8 Å². The highest BCUT2D eigenvalue weighted by atomic mass is 16.5. The molecule has 0 fully saturated rings. The molecule has 8 heteroatoms. The van der Waals surface area contributed by atoms with Crippen molar-refractivity contribution < 1.29 is 13.9 Å². The lowest BCUT2D eigenvalue weighted by molar-refractivity contribution is -0.149. The lowest BCUT2D eigenvalue weighted by atomic mass is 10.2. The summed E-state index contributed by atoms with van der Waals surface area (Å²) in [6.07, 6.45) is -0.756. The van der Waals surface area contributed by atoms with E-state index in [9.17, 15) is 14.4 Å². The summed E-state index contributed by atoms with van der Waals surface area (Å²) in [5.74, 6) is -0.772. The van der Waals surface area contributed by atoms with Gasteiger partial charge < -0.3 is 14.1 Å². The molecule has 1 unspecified atom stereocenters. The van der Waals surface area contributed by atoms with Gasteiger partial charge in [0.25, 0.3) is 5.56 Å². The van der Waals surface area contributed by atoms with Gasteiger partial charge in [-0.3, -0.25) is 14.2 Å². The fourth-order valence-electron chi connectivity index (χ4n) is 3.04. The Morgan fingerprint density at radius 1 is 1.18 bits per heavy atom. The molecule has 1 N–H and O–H groups in total. The molecule has 0 spiro atoms. The fourth-order valence-corrected chi connectivity index (χ4v) is 3.04. The summed E-state index contributed by atoms with van der Waals surface area (Å²) >= 11 is 0. The molecule has 4 aromatic rings. The maximum atomic E-state index is 12.2. The van der Waals surface area contributed by atoms with Crippen molar-refractivity contribution in [3.8, 4) is 0 Å². The number of hydrogen-bond donors (Lipinski definition) is 1. The number of ether oxygens (including phenoxy) is 1. The fraction of sp³-hybridized carbons (Fsp3) is 0.200. The van der Waals surface area contributed by atoms with Crippen LogP contribution in [-0.4, -0.2) is 20.5 Å². The Morgan fingerprint density at radius 3 is 2.79 bits per heavy atom. The summed E-state index contributed by atoms with van der Waals surface area (Å²) < 4.78 is 11.9. The number of carbonyl (C=O) groups is 1. The Balaban J connectivity index is 1.47. The van der Waals surface area contributed by atoms with Crippen LogP contribution < -0.4 is 11.3 Å². The van der Waals surface area contributed by atoms with Gasteiger partial charge >= 0.3 is 11.7 Å². The van der Waals surface area contributed by atoms with E-state index in [0.29, 0.717) is 22.0 Å². The third-order valence-corrected chi connectivity index (χ3v) is 4.44. The van der Waals surface area contributed by atoms with Gasteiger partial charge in [-0.2, -0.15) is 0 Å². The molecular weight excluding hydrogens is 362 g/mol. The first-order chi connectivity index (χ1) is 13.5. The van der Waals surface area contributed by atoms with Crippen LogP contribution in [0.1, 0.15) is 25.3 Å². The molecule has 1 atom stereocenters. The van der Waals surface area contributed by atoms with E-state index in [0.717, 1.165) is 0 Å². The molecule has 0 radical (unpaired) electrons. The number of aromatic nitrogens is 3. The number of hydrogen-bond acceptors (Lipinski definition) is 6. The summed E-state index contributed by atoms with van der Waals surface area (Å²) in [6, 6.07) is 13.9. The summed E-state index contributed by atoms with van der Waals surface area (Å²) in [7, 11) is 0. The quantitative estimate of drug-likeness (QED) is 0.534. The third-order valence-electron chi connectivity index (χ3n) is 4.44. The molecule has 2 aromatic heterocycles. The molecule has 0 saturated heterocycles. The Labute approximate surface area is 158 Å². The third kappa shape index (κ3) is 3.32. The van der Waals surface area contributed by atoms with Gasteiger partial charge in [-0.05, 0) is 31.2 Å². The zero-order valence-corrected chi connectivity index (χ0v) is 15.0. The van der Waals surface area contributed by atoms with Gasteiger partial charge in [-0.25, -0.2) is 9.78 Å². The van der Waals surface area contributed by atoms with Crippen LogP contribution in [0.15, 0.2) is 62.5 Å². The van der Waals surface area contributed by atoms with E-state index < -0.39 is 17.8 Å². The van der Waals surface area contributed by atoms with E-state index in [1.54, 1.807) is 55.5 Å². The van der Waals surface area contributed by atoms with E-state index in [1.807, 2.05) is 0 Å². The molecule has 0 saturated carbocycles. The number of nitrogens with zero attached hydrogens (tertiary/aromatic N) is 2. The largest absolute Gasteiger partial charge is 0.454 e. The van der Waals surface area contributed by atoms with Crippen molar-refractivity contribution in [2.75, 3.05) is 0 Å². The van der Waals surface area contributed by atoms with Crippen LogP contribution in [0.2, 0.25) is 0 Å². The minimum absolute atomic E-state index is 0.0222. The number of para-hydroxylation sites is 3. The number of nitrogens with one attached hydrogen (secondary N) is 1. The van der Waals surface area contributed by atoms with Crippen molar-refractivity contribution in [1.82, 2.24) is 14.5 Å². The lowest BCUT2D eigenvalue weighted by Crippen LogP contribution is -2.20. The van der Waals surface area contributed by atoms with E-state index in [-0.39, 0.29) is 24.3 Å². The van der Waals surface area contributed by atoms with Crippen LogP contribution in [-0.2, 0) is 16.1 Å². The van der Waals surface area contributed by atoms with Crippen LogP contribution in [0.3, 0.4) is 0 Å². The number of aryl methyl sites for hydroxylation is 1. The number of H-pyrrole nitrogens is 1. The highest BCUT2D eigenvalue weighted by Crippen LogP contribution is 2.16. The standard InChI is InChI=1S/C20H17N3O5/c1-12(18-21-14-7-3-2-6-13(14)19(25)22-18)27-17(24)10-11-23-15-8-4-5-9-16(15)28-20(23)26/h2-9,12H,10-11H2,1H3,(H,21,22,25). The van der Waals surface area contributed by atoms with Crippen LogP contribution >= 0.6 is 0 Å². The van der Waals surface area contributed by atoms with Gasteiger partial charge in [-0.15, -0.1) is 0 Å². The van der Waals surface area contributed by atoms with Gasteiger partial charge in [0.1, 0.15) is 0 Å². The highest BCUT2D eigenvalue weighted by Gasteiger charge is 2.17. The maximum Gasteiger partial charge on any atom is 0.419 e. The Morgan fingerprint density at radius 2 is 1.93 bits per heavy atom. The van der Waals surface area contributed by atoms with Crippen LogP contribution in [0.5, 0.6) is 0 Å². The SMILES string of the molecule is CC(OC(=O)CCn1c(=O)oc2ccccc21)c1nc2ccccc2c(=O)[nH]1. The topological polar surface area (TPSA) is 107 Å². The number of fused-ring (bicyclic) bond motifs is 2. The highest BCUT2D eigenvalue weighted by molar-refractivity contribution is 5.77. The first-order valence-electron chi connectivity index (χ1n) is 8.80. The molecule has 0 aliphatic heterocycles. The minimum atomic E-state index is -0.734. The Hall–Kier alpha value is -3.68. The number of esters is 1. The monoisotopic (exact) mass is 379 g/mol. The molecule has 0 bridgehead atoms. The zero-order valence-electron chi connectivity index (χ0n) is 15.0. The summed E-state index contributed by atoms with van der Waals surface area (Å²) in [6.45, 7) is 1.76. The normalized spacial score (nSPS) is 12.3. The molecule has 0 aliphatic rings. The van der Waals surface area contributed by atoms with E-state index in [4.69, 9.17) is 9.15 Å². The molecule has 4 rings (SSSR count). The number of aromatic amines is 1. The number of oxazole rings is 1. The summed E-state index contributed by atoms with van der Waals surface area (Å²) in [5, 5.41) is 0.469. The summed E-state index contributed by atoms with van der Waals surface area (Å²) in [5.41, 5.74) is 1.32. The van der Waals surface area contributed by atoms with Crippen molar-refractivity contribution >= 4 is 28.0 Å². The van der Waals surface area contributed by atoms with Crippen molar-refractivity contribution in [2.45, 2.75) is 26.0 Å². The van der Waals surface area contributed by atoms with E-state index in [2.05, 4.69) is 9.97 Å². The molecular formula is C20H17N3O5. The van der Waals surface area contributed by atoms with Crippen LogP contribution in [0, 0.1) is 0 Å². The zero-order chi connectivity index (χ0) is 19.7. The molecule has 8 nitrogen and oxygen atoms in total. The first-order valence-corrected chi connectivity index (χ1v) is 8.80. The van der Waals surface area contributed by atoms with Gasteiger partial charge in [0, 0.05) is 6.54 Å². The molecule has 2 heterocycles. The summed E-state index contributed by atoms with van der Waals surface area (Å²) in [4.78, 5) is 43.3. The van der Waals surface area contributed by atoms with Crippen LogP contribution in [0.4, 0.5) is 0 Å². The number of carbonyl (C=O) groups excluding carboxylic acids is 1. The van der Waals surface area contributed by atoms with Crippen molar-refractivity contribution in [3.05, 3.63) is 75.3 Å². The first kappa shape index (κ1) is 17.7. The number of benzene rings is 2. The molecule has 142 valence electrons. The van der Waals surface area contributed by atoms with Crippen molar-refractivity contribution in [2.24, 2.45) is 0 Å². The minimum Gasteiger partial charge on any atom is -0.454 e. The van der Waals surface area contributed by atoms with E-state index in [1.165, 1.54) is 4.57 Å². The second-order valence-corrected chi connectivity index (χ2v) is 6.34. The average Bonchev–Trinajstić information content (AvgIpc) is 3.01. The van der Waals surface area contributed by atoms with E-state index >= 15 is 0 Å². The van der Waals surface area contributed by atoms with Gasteiger partial charge in [0.15, 0.2) is 17.5 Å². The lowest BCUT2D eigenvalue weighted by Gasteiger charge is -2.13. The Bertz CT molecular complexity index is 1280. The molecule has 2 aromatic carbocycles. The average molecular weight is 379 g/mol. The molecule has 28 heavy (non-hydrogen) atoms. The van der Waals surface area contributed by atoms with Gasteiger partial charge in [-0.1, -0.05) is 24.3 Å².